The second kappa shape index (κ2) is 7.35. The maximum Gasteiger partial charge on any atom is 0.267 e. The van der Waals surface area contributed by atoms with Crippen molar-refractivity contribution in [2.24, 2.45) is 0 Å². The number of benzene rings is 1. The molecule has 3 rings (SSSR count). The summed E-state index contributed by atoms with van der Waals surface area (Å²) in [5.74, 6) is 1.03. The number of amides is 1. The maximum atomic E-state index is 12.3. The standard InChI is InChI=1S/C19H21N3O4/c1-12-8-15(26-3)11-18(23)22(12)7-6-20-19(24)17-9-13-4-5-14(25-2)10-16(13)21-17/h4-5,8-11,21H,6-7H2,1-3H3,(H,20,24). The van der Waals surface area contributed by atoms with Gasteiger partial charge in [0.05, 0.1) is 14.2 Å². The number of H-pyrrole nitrogens is 1. The number of carbonyl (C=O) groups is 1. The summed E-state index contributed by atoms with van der Waals surface area (Å²) in [5.41, 5.74) is 1.92. The first kappa shape index (κ1) is 17.6. The van der Waals surface area contributed by atoms with E-state index in [1.54, 1.807) is 23.8 Å². The fourth-order valence-corrected chi connectivity index (χ4v) is 2.84. The van der Waals surface area contributed by atoms with Crippen LogP contribution in [0.4, 0.5) is 0 Å². The van der Waals surface area contributed by atoms with Gasteiger partial charge in [0.1, 0.15) is 17.2 Å². The van der Waals surface area contributed by atoms with Crippen LogP contribution in [0.1, 0.15) is 16.2 Å². The first-order chi connectivity index (χ1) is 12.5. The van der Waals surface area contributed by atoms with Gasteiger partial charge in [0.25, 0.3) is 11.5 Å². The number of ether oxygens (including phenoxy) is 2. The number of carbonyl (C=O) groups excluding carboxylic acids is 1. The predicted octanol–water partition coefficient (Wildman–Crippen LogP) is 2.09. The lowest BCUT2D eigenvalue weighted by molar-refractivity contribution is 0.0948. The number of hydrogen-bond donors (Lipinski definition) is 2. The fourth-order valence-electron chi connectivity index (χ4n) is 2.84. The molecule has 2 N–H and O–H groups in total. The van der Waals surface area contributed by atoms with Gasteiger partial charge in [-0.2, -0.15) is 0 Å². The molecule has 26 heavy (non-hydrogen) atoms. The average Bonchev–Trinajstić information content (AvgIpc) is 3.06. The highest BCUT2D eigenvalue weighted by molar-refractivity contribution is 5.98. The summed E-state index contributed by atoms with van der Waals surface area (Å²) in [6.07, 6.45) is 0. The number of methoxy groups -OCH3 is 2. The fraction of sp³-hybridized carbons (Fsp3) is 0.263. The van der Waals surface area contributed by atoms with Crippen LogP contribution in [-0.2, 0) is 6.54 Å². The van der Waals surface area contributed by atoms with Crippen molar-refractivity contribution in [2.75, 3.05) is 20.8 Å². The molecule has 2 aromatic heterocycles. The molecule has 7 nitrogen and oxygen atoms in total. The molecular weight excluding hydrogens is 334 g/mol. The molecule has 0 aliphatic heterocycles. The number of nitrogens with one attached hydrogen (secondary N) is 2. The van der Waals surface area contributed by atoms with Crippen LogP contribution in [0.5, 0.6) is 11.5 Å². The van der Waals surface area contributed by atoms with E-state index in [1.165, 1.54) is 13.2 Å². The van der Waals surface area contributed by atoms with Gasteiger partial charge in [-0.3, -0.25) is 9.59 Å². The van der Waals surface area contributed by atoms with E-state index in [9.17, 15) is 9.59 Å². The summed E-state index contributed by atoms with van der Waals surface area (Å²) in [6, 6.07) is 10.6. The number of nitrogens with zero attached hydrogens (tertiary/aromatic N) is 1. The van der Waals surface area contributed by atoms with Gasteiger partial charge in [0.2, 0.25) is 0 Å². The zero-order valence-corrected chi connectivity index (χ0v) is 15.0. The van der Waals surface area contributed by atoms with E-state index in [0.717, 1.165) is 22.3 Å². The highest BCUT2D eigenvalue weighted by Crippen LogP contribution is 2.21. The molecule has 0 spiro atoms. The molecular formula is C19H21N3O4. The lowest BCUT2D eigenvalue weighted by Gasteiger charge is -2.11. The largest absolute Gasteiger partial charge is 0.497 e. The molecule has 0 saturated heterocycles. The topological polar surface area (TPSA) is 85.3 Å². The highest BCUT2D eigenvalue weighted by Gasteiger charge is 2.10. The number of aromatic amines is 1. The summed E-state index contributed by atoms with van der Waals surface area (Å²) < 4.78 is 11.9. The molecule has 0 bridgehead atoms. The minimum Gasteiger partial charge on any atom is -0.497 e. The third-order valence-electron chi connectivity index (χ3n) is 4.24. The van der Waals surface area contributed by atoms with Crippen molar-refractivity contribution in [2.45, 2.75) is 13.5 Å². The summed E-state index contributed by atoms with van der Waals surface area (Å²) in [4.78, 5) is 27.5. The van der Waals surface area contributed by atoms with Crippen LogP contribution in [0, 0.1) is 6.92 Å². The van der Waals surface area contributed by atoms with E-state index < -0.39 is 0 Å². The molecule has 0 aliphatic carbocycles. The van der Waals surface area contributed by atoms with Crippen molar-refractivity contribution >= 4 is 16.8 Å². The van der Waals surface area contributed by atoms with Crippen molar-refractivity contribution in [1.29, 1.82) is 0 Å². The lowest BCUT2D eigenvalue weighted by atomic mass is 10.2. The summed E-state index contributed by atoms with van der Waals surface area (Å²) in [6.45, 7) is 2.55. The molecule has 3 aromatic rings. The van der Waals surface area contributed by atoms with Crippen molar-refractivity contribution in [1.82, 2.24) is 14.9 Å². The second-order valence-corrected chi connectivity index (χ2v) is 5.92. The van der Waals surface area contributed by atoms with Gasteiger partial charge in [-0.05, 0) is 31.2 Å². The van der Waals surface area contributed by atoms with Gasteiger partial charge in [-0.1, -0.05) is 0 Å². The van der Waals surface area contributed by atoms with Crippen molar-refractivity contribution in [3.05, 3.63) is 58.1 Å². The smallest absolute Gasteiger partial charge is 0.267 e. The molecule has 0 saturated carbocycles. The Balaban J connectivity index is 1.67. The third-order valence-corrected chi connectivity index (χ3v) is 4.24. The molecule has 2 heterocycles. The SMILES string of the molecule is COc1cc(C)n(CCNC(=O)c2cc3ccc(OC)cc3[nH]2)c(=O)c1. The van der Waals surface area contributed by atoms with Gasteiger partial charge >= 0.3 is 0 Å². The molecule has 136 valence electrons. The Kier molecular flexibility index (Phi) is 4.97. The molecule has 0 atom stereocenters. The normalized spacial score (nSPS) is 10.7. The zero-order valence-electron chi connectivity index (χ0n) is 15.0. The maximum absolute atomic E-state index is 12.3. The molecule has 1 aromatic carbocycles. The van der Waals surface area contributed by atoms with Crippen LogP contribution < -0.4 is 20.3 Å². The Morgan fingerprint density at radius 1 is 1.12 bits per heavy atom. The number of aromatic nitrogens is 2. The Morgan fingerprint density at radius 3 is 2.58 bits per heavy atom. The van der Waals surface area contributed by atoms with E-state index >= 15 is 0 Å². The average molecular weight is 355 g/mol. The van der Waals surface area contributed by atoms with Crippen molar-refractivity contribution in [3.63, 3.8) is 0 Å². The quantitative estimate of drug-likeness (QED) is 0.709. The Bertz CT molecular complexity index is 1000. The number of hydrogen-bond acceptors (Lipinski definition) is 4. The molecule has 0 aliphatic rings. The van der Waals surface area contributed by atoms with Gasteiger partial charge < -0.3 is 24.3 Å². The van der Waals surface area contributed by atoms with Crippen LogP contribution >= 0.6 is 0 Å². The lowest BCUT2D eigenvalue weighted by Crippen LogP contribution is -2.31. The first-order valence-corrected chi connectivity index (χ1v) is 8.22. The molecule has 1 amide bonds. The van der Waals surface area contributed by atoms with Crippen LogP contribution in [0.2, 0.25) is 0 Å². The van der Waals surface area contributed by atoms with Crippen LogP contribution in [0.3, 0.4) is 0 Å². The summed E-state index contributed by atoms with van der Waals surface area (Å²) in [5, 5.41) is 3.76. The van der Waals surface area contributed by atoms with E-state index in [0.29, 0.717) is 24.5 Å². The van der Waals surface area contributed by atoms with E-state index in [2.05, 4.69) is 10.3 Å². The third kappa shape index (κ3) is 3.56. The van der Waals surface area contributed by atoms with E-state index in [-0.39, 0.29) is 11.5 Å². The highest BCUT2D eigenvalue weighted by atomic mass is 16.5. The van der Waals surface area contributed by atoms with Crippen LogP contribution in [-0.4, -0.2) is 36.2 Å². The van der Waals surface area contributed by atoms with E-state index in [1.807, 2.05) is 25.1 Å². The van der Waals surface area contributed by atoms with Gasteiger partial charge in [-0.25, -0.2) is 0 Å². The Morgan fingerprint density at radius 2 is 1.88 bits per heavy atom. The molecule has 0 unspecified atom stereocenters. The Labute approximate surface area is 150 Å². The second-order valence-electron chi connectivity index (χ2n) is 5.92. The van der Waals surface area contributed by atoms with Crippen LogP contribution in [0.15, 0.2) is 41.2 Å². The molecule has 0 radical (unpaired) electrons. The minimum absolute atomic E-state index is 0.159. The zero-order chi connectivity index (χ0) is 18.7. The first-order valence-electron chi connectivity index (χ1n) is 8.22. The van der Waals surface area contributed by atoms with Crippen molar-refractivity contribution < 1.29 is 14.3 Å². The predicted molar refractivity (Wildman–Crippen MR) is 99.2 cm³/mol. The van der Waals surface area contributed by atoms with Gasteiger partial charge in [-0.15, -0.1) is 0 Å². The number of aryl methyl sites for hydroxylation is 1. The summed E-state index contributed by atoms with van der Waals surface area (Å²) in [7, 11) is 3.12. The minimum atomic E-state index is -0.223. The number of rotatable bonds is 6. The van der Waals surface area contributed by atoms with Gasteiger partial charge in [0, 0.05) is 41.8 Å². The number of pyridine rings is 1. The summed E-state index contributed by atoms with van der Waals surface area (Å²) >= 11 is 0. The van der Waals surface area contributed by atoms with E-state index in [4.69, 9.17) is 9.47 Å². The van der Waals surface area contributed by atoms with Crippen molar-refractivity contribution in [3.8, 4) is 11.5 Å². The number of fused-ring (bicyclic) bond motifs is 1. The molecule has 7 heteroatoms. The van der Waals surface area contributed by atoms with Gasteiger partial charge in [0.15, 0.2) is 0 Å². The monoisotopic (exact) mass is 355 g/mol. The van der Waals surface area contributed by atoms with Crippen LogP contribution in [0.25, 0.3) is 10.9 Å². The molecule has 0 fully saturated rings. The Hall–Kier alpha value is -3.22.